The van der Waals surface area contributed by atoms with Crippen molar-refractivity contribution in [1.82, 2.24) is 9.97 Å². The van der Waals surface area contributed by atoms with E-state index in [1.807, 2.05) is 38.1 Å². The fraction of sp³-hybridized carbons (Fsp3) is 0.167. The average Bonchev–Trinajstić information content (AvgIpc) is 2.22. The van der Waals surface area contributed by atoms with Gasteiger partial charge in [-0.1, -0.05) is 15.9 Å². The SMILES string of the molecule is Cc1cc(Nc2ccc(Br)c(C)c2)nc(N)n1. The summed E-state index contributed by atoms with van der Waals surface area (Å²) in [6.45, 7) is 3.92. The van der Waals surface area contributed by atoms with Crippen LogP contribution in [-0.4, -0.2) is 9.97 Å². The highest BCUT2D eigenvalue weighted by atomic mass is 79.9. The molecule has 0 fully saturated rings. The molecule has 88 valence electrons. The van der Waals surface area contributed by atoms with E-state index in [-0.39, 0.29) is 5.95 Å². The Balaban J connectivity index is 2.28. The molecule has 0 aliphatic heterocycles. The lowest BCUT2D eigenvalue weighted by molar-refractivity contribution is 1.12. The molecule has 0 amide bonds. The molecule has 0 spiro atoms. The van der Waals surface area contributed by atoms with Crippen molar-refractivity contribution < 1.29 is 0 Å². The summed E-state index contributed by atoms with van der Waals surface area (Å²) in [5.41, 5.74) is 8.57. The van der Waals surface area contributed by atoms with Crippen molar-refractivity contribution in [2.24, 2.45) is 0 Å². The highest BCUT2D eigenvalue weighted by Gasteiger charge is 2.01. The van der Waals surface area contributed by atoms with Gasteiger partial charge < -0.3 is 11.1 Å². The minimum absolute atomic E-state index is 0.279. The highest BCUT2D eigenvalue weighted by Crippen LogP contribution is 2.22. The first-order valence-corrected chi connectivity index (χ1v) is 5.98. The third kappa shape index (κ3) is 2.94. The van der Waals surface area contributed by atoms with Gasteiger partial charge >= 0.3 is 0 Å². The van der Waals surface area contributed by atoms with Gasteiger partial charge in [0.05, 0.1) is 0 Å². The zero-order valence-electron chi connectivity index (χ0n) is 9.66. The normalized spacial score (nSPS) is 10.3. The average molecular weight is 293 g/mol. The van der Waals surface area contributed by atoms with E-state index in [0.29, 0.717) is 5.82 Å². The van der Waals surface area contributed by atoms with Crippen LogP contribution in [0.4, 0.5) is 17.5 Å². The second kappa shape index (κ2) is 4.71. The van der Waals surface area contributed by atoms with Crippen molar-refractivity contribution in [2.45, 2.75) is 13.8 Å². The second-order valence-corrected chi connectivity index (χ2v) is 4.70. The maximum Gasteiger partial charge on any atom is 0.222 e. The number of hydrogen-bond donors (Lipinski definition) is 2. The first kappa shape index (κ1) is 11.9. The summed E-state index contributed by atoms with van der Waals surface area (Å²) in [5, 5.41) is 3.20. The fourth-order valence-electron chi connectivity index (χ4n) is 1.53. The quantitative estimate of drug-likeness (QED) is 0.892. The van der Waals surface area contributed by atoms with E-state index < -0.39 is 0 Å². The van der Waals surface area contributed by atoms with Crippen molar-refractivity contribution in [1.29, 1.82) is 0 Å². The molecular formula is C12H13BrN4. The number of hydrogen-bond acceptors (Lipinski definition) is 4. The number of anilines is 3. The number of nitrogens with two attached hydrogens (primary N) is 1. The molecule has 1 aromatic carbocycles. The zero-order chi connectivity index (χ0) is 12.4. The lowest BCUT2D eigenvalue weighted by Gasteiger charge is -2.08. The summed E-state index contributed by atoms with van der Waals surface area (Å²) < 4.78 is 1.08. The number of rotatable bonds is 2. The molecule has 2 rings (SSSR count). The van der Waals surface area contributed by atoms with E-state index in [9.17, 15) is 0 Å². The zero-order valence-corrected chi connectivity index (χ0v) is 11.2. The van der Waals surface area contributed by atoms with Gasteiger partial charge in [-0.15, -0.1) is 0 Å². The first-order valence-electron chi connectivity index (χ1n) is 5.19. The van der Waals surface area contributed by atoms with E-state index in [2.05, 4.69) is 31.2 Å². The van der Waals surface area contributed by atoms with Crippen molar-refractivity contribution in [3.63, 3.8) is 0 Å². The molecule has 0 aliphatic rings. The number of aryl methyl sites for hydroxylation is 2. The first-order chi connectivity index (χ1) is 8.04. The van der Waals surface area contributed by atoms with Gasteiger partial charge in [-0.25, -0.2) is 4.98 Å². The Bertz CT molecular complexity index is 534. The van der Waals surface area contributed by atoms with E-state index in [1.54, 1.807) is 0 Å². The molecule has 0 atom stereocenters. The Morgan fingerprint density at radius 2 is 1.94 bits per heavy atom. The lowest BCUT2D eigenvalue weighted by Crippen LogP contribution is -2.01. The molecule has 5 heteroatoms. The topological polar surface area (TPSA) is 63.8 Å². The highest BCUT2D eigenvalue weighted by molar-refractivity contribution is 9.10. The van der Waals surface area contributed by atoms with Gasteiger partial charge in [0.25, 0.3) is 0 Å². The van der Waals surface area contributed by atoms with Gasteiger partial charge in [-0.3, -0.25) is 0 Å². The third-order valence-corrected chi connectivity index (χ3v) is 3.19. The maximum absolute atomic E-state index is 5.60. The molecule has 0 unspecified atom stereocenters. The van der Waals surface area contributed by atoms with Gasteiger partial charge in [0.2, 0.25) is 5.95 Å². The number of nitrogens with zero attached hydrogens (tertiary/aromatic N) is 2. The van der Waals surface area contributed by atoms with E-state index >= 15 is 0 Å². The summed E-state index contributed by atoms with van der Waals surface area (Å²) >= 11 is 3.46. The van der Waals surface area contributed by atoms with E-state index in [0.717, 1.165) is 21.4 Å². The number of benzene rings is 1. The van der Waals surface area contributed by atoms with E-state index in [4.69, 9.17) is 5.73 Å². The van der Waals surface area contributed by atoms with Gasteiger partial charge in [0.1, 0.15) is 5.82 Å². The van der Waals surface area contributed by atoms with Crippen molar-refractivity contribution in [3.05, 3.63) is 40.0 Å². The minimum atomic E-state index is 0.279. The summed E-state index contributed by atoms with van der Waals surface area (Å²) in [6, 6.07) is 7.87. The van der Waals surface area contributed by atoms with Gasteiger partial charge in [0.15, 0.2) is 0 Å². The van der Waals surface area contributed by atoms with Crippen LogP contribution in [0, 0.1) is 13.8 Å². The Kier molecular flexibility index (Phi) is 3.28. The van der Waals surface area contributed by atoms with Crippen LogP contribution in [0.2, 0.25) is 0 Å². The van der Waals surface area contributed by atoms with Crippen molar-refractivity contribution >= 4 is 33.4 Å². The van der Waals surface area contributed by atoms with Gasteiger partial charge in [-0.2, -0.15) is 4.98 Å². The smallest absolute Gasteiger partial charge is 0.222 e. The van der Waals surface area contributed by atoms with Crippen LogP contribution in [0.15, 0.2) is 28.7 Å². The maximum atomic E-state index is 5.60. The van der Waals surface area contributed by atoms with Gasteiger partial charge in [-0.05, 0) is 37.6 Å². The Labute approximate surface area is 108 Å². The molecule has 2 aromatic rings. The summed E-state index contributed by atoms with van der Waals surface area (Å²) in [5.74, 6) is 0.984. The Hall–Kier alpha value is -1.62. The molecule has 1 heterocycles. The van der Waals surface area contributed by atoms with Crippen molar-refractivity contribution in [2.75, 3.05) is 11.1 Å². The third-order valence-electron chi connectivity index (χ3n) is 2.30. The number of nitrogens with one attached hydrogen (secondary N) is 1. The van der Waals surface area contributed by atoms with Crippen LogP contribution < -0.4 is 11.1 Å². The summed E-state index contributed by atoms with van der Waals surface area (Å²) in [6.07, 6.45) is 0. The van der Waals surface area contributed by atoms with Crippen LogP contribution in [-0.2, 0) is 0 Å². The Morgan fingerprint density at radius 3 is 2.59 bits per heavy atom. The lowest BCUT2D eigenvalue weighted by atomic mass is 10.2. The predicted molar refractivity (Wildman–Crippen MR) is 73.3 cm³/mol. The summed E-state index contributed by atoms with van der Waals surface area (Å²) in [7, 11) is 0. The molecule has 0 aliphatic carbocycles. The van der Waals surface area contributed by atoms with Crippen LogP contribution in [0.25, 0.3) is 0 Å². The molecule has 0 bridgehead atoms. The monoisotopic (exact) mass is 292 g/mol. The predicted octanol–water partition coefficient (Wildman–Crippen LogP) is 3.18. The van der Waals surface area contributed by atoms with Crippen LogP contribution in [0.5, 0.6) is 0 Å². The van der Waals surface area contributed by atoms with Crippen LogP contribution in [0.1, 0.15) is 11.3 Å². The molecular weight excluding hydrogens is 280 g/mol. The molecule has 3 N–H and O–H groups in total. The van der Waals surface area contributed by atoms with Gasteiger partial charge in [0, 0.05) is 21.9 Å². The molecule has 1 aromatic heterocycles. The number of halogens is 1. The van der Waals surface area contributed by atoms with Crippen LogP contribution in [0.3, 0.4) is 0 Å². The van der Waals surface area contributed by atoms with E-state index in [1.165, 1.54) is 0 Å². The largest absolute Gasteiger partial charge is 0.368 e. The minimum Gasteiger partial charge on any atom is -0.368 e. The van der Waals surface area contributed by atoms with Crippen molar-refractivity contribution in [3.8, 4) is 0 Å². The molecule has 0 radical (unpaired) electrons. The molecule has 4 nitrogen and oxygen atoms in total. The molecule has 17 heavy (non-hydrogen) atoms. The molecule has 0 saturated carbocycles. The Morgan fingerprint density at radius 1 is 1.18 bits per heavy atom. The second-order valence-electron chi connectivity index (χ2n) is 3.84. The standard InChI is InChI=1S/C12H13BrN4/c1-7-5-9(3-4-10(7)13)16-11-6-8(2)15-12(14)17-11/h3-6H,1-2H3,(H3,14,15,16,17). The number of nitrogen functional groups attached to an aromatic ring is 1. The molecule has 0 saturated heterocycles. The van der Waals surface area contributed by atoms with Crippen LogP contribution >= 0.6 is 15.9 Å². The number of aromatic nitrogens is 2. The fourth-order valence-corrected chi connectivity index (χ4v) is 1.77. The summed E-state index contributed by atoms with van der Waals surface area (Å²) in [4.78, 5) is 8.15.